The average Bonchev–Trinajstić information content (AvgIpc) is 3.09. The number of carbonyl (C=O) groups is 1. The number of rotatable bonds is 5. The molecule has 4 rings (SSSR count). The van der Waals surface area contributed by atoms with Crippen LogP contribution in [0.5, 0.6) is 0 Å². The van der Waals surface area contributed by atoms with Gasteiger partial charge in [-0.1, -0.05) is 40.9 Å². The number of halogens is 1. The van der Waals surface area contributed by atoms with E-state index in [1.807, 2.05) is 7.05 Å². The molecule has 152 valence electrons. The van der Waals surface area contributed by atoms with Gasteiger partial charge in [0.15, 0.2) is 5.96 Å². The molecule has 1 amide bonds. The summed E-state index contributed by atoms with van der Waals surface area (Å²) in [5.74, 6) is 1.49. The summed E-state index contributed by atoms with van der Waals surface area (Å²) in [5.41, 5.74) is 1.61. The Morgan fingerprint density at radius 2 is 2.07 bits per heavy atom. The van der Waals surface area contributed by atoms with Gasteiger partial charge in [0.1, 0.15) is 0 Å². The van der Waals surface area contributed by atoms with Crippen molar-refractivity contribution in [2.75, 3.05) is 26.7 Å². The van der Waals surface area contributed by atoms with Gasteiger partial charge >= 0.3 is 0 Å². The zero-order valence-corrected chi connectivity index (χ0v) is 18.3. The first-order valence-corrected chi connectivity index (χ1v) is 11.4. The smallest absolute Gasteiger partial charge is 0.225 e. The highest BCUT2D eigenvalue weighted by Crippen LogP contribution is 2.48. The van der Waals surface area contributed by atoms with E-state index in [1.165, 1.54) is 31.2 Å². The molecule has 1 aromatic rings. The average molecular weight is 447 g/mol. The number of aliphatic imine (C=N–C) groups is 1. The number of nitrogens with zero attached hydrogens (tertiary/aromatic N) is 2. The highest BCUT2D eigenvalue weighted by Gasteiger charge is 2.44. The summed E-state index contributed by atoms with van der Waals surface area (Å²) in [7, 11) is 1.82. The molecule has 1 saturated heterocycles. The minimum absolute atomic E-state index is 0.224. The van der Waals surface area contributed by atoms with Crippen molar-refractivity contribution < 1.29 is 4.79 Å². The lowest BCUT2D eigenvalue weighted by Gasteiger charge is -2.23. The maximum Gasteiger partial charge on any atom is 0.225 e. The quantitative estimate of drug-likeness (QED) is 0.537. The number of benzene rings is 1. The minimum Gasteiger partial charge on any atom is -0.356 e. The highest BCUT2D eigenvalue weighted by atomic mass is 79.9. The Balaban J connectivity index is 1.28. The summed E-state index contributed by atoms with van der Waals surface area (Å²) in [6, 6.07) is 8.93. The maximum absolute atomic E-state index is 12.6. The van der Waals surface area contributed by atoms with Crippen molar-refractivity contribution in [3.63, 3.8) is 0 Å². The van der Waals surface area contributed by atoms with E-state index < -0.39 is 0 Å². The Labute approximate surface area is 176 Å². The van der Waals surface area contributed by atoms with Crippen LogP contribution >= 0.6 is 15.9 Å². The normalized spacial score (nSPS) is 24.4. The number of hydrogen-bond donors (Lipinski definition) is 2. The number of amides is 1. The molecule has 1 heterocycles. The van der Waals surface area contributed by atoms with E-state index in [-0.39, 0.29) is 17.4 Å². The molecular formula is C22H31BrN4O. The SMILES string of the molecule is CN=C(NCC1(c2cccc(Br)c2)CC1)NC1CCN(C(=O)C2CCCC2)C1. The molecule has 1 aliphatic heterocycles. The second-order valence-electron chi connectivity index (χ2n) is 8.61. The Morgan fingerprint density at radius 1 is 1.29 bits per heavy atom. The molecule has 1 atom stereocenters. The van der Waals surface area contributed by atoms with Crippen LogP contribution in [0.2, 0.25) is 0 Å². The molecule has 6 heteroatoms. The summed E-state index contributed by atoms with van der Waals surface area (Å²) in [4.78, 5) is 19.1. The van der Waals surface area contributed by atoms with Gasteiger partial charge in [0.25, 0.3) is 0 Å². The van der Waals surface area contributed by atoms with Gasteiger partial charge < -0.3 is 15.5 Å². The van der Waals surface area contributed by atoms with Crippen molar-refractivity contribution in [3.8, 4) is 0 Å². The lowest BCUT2D eigenvalue weighted by Crippen LogP contribution is -2.47. The van der Waals surface area contributed by atoms with Crippen LogP contribution < -0.4 is 10.6 Å². The standard InChI is InChI=1S/C22H31BrN4O/c1-24-21(25-15-22(10-11-22)17-7-4-8-18(23)13-17)26-19-9-12-27(14-19)20(28)16-5-2-3-6-16/h4,7-8,13,16,19H,2-3,5-6,9-12,14-15H2,1H3,(H2,24,25,26). The molecule has 0 radical (unpaired) electrons. The third-order valence-corrected chi connectivity index (χ3v) is 7.15. The van der Waals surface area contributed by atoms with Gasteiger partial charge in [0.2, 0.25) is 5.91 Å². The van der Waals surface area contributed by atoms with Crippen molar-refractivity contribution in [2.45, 2.75) is 56.4 Å². The van der Waals surface area contributed by atoms with Gasteiger partial charge in [-0.05, 0) is 49.8 Å². The summed E-state index contributed by atoms with van der Waals surface area (Å²) in [6.07, 6.45) is 7.99. The van der Waals surface area contributed by atoms with Crippen molar-refractivity contribution in [2.24, 2.45) is 10.9 Å². The highest BCUT2D eigenvalue weighted by molar-refractivity contribution is 9.10. The molecule has 2 N–H and O–H groups in total. The summed E-state index contributed by atoms with van der Waals surface area (Å²) < 4.78 is 1.14. The minimum atomic E-state index is 0.224. The Hall–Kier alpha value is -1.56. The fourth-order valence-corrected chi connectivity index (χ4v) is 5.09. The van der Waals surface area contributed by atoms with Crippen molar-refractivity contribution in [3.05, 3.63) is 34.3 Å². The Bertz CT molecular complexity index is 740. The van der Waals surface area contributed by atoms with Crippen LogP contribution in [0.3, 0.4) is 0 Å². The fraction of sp³-hybridized carbons (Fsp3) is 0.636. The first kappa shape index (κ1) is 19.7. The van der Waals surface area contributed by atoms with E-state index in [2.05, 4.69) is 60.7 Å². The van der Waals surface area contributed by atoms with Crippen LogP contribution in [0.1, 0.15) is 50.5 Å². The molecule has 0 spiro atoms. The van der Waals surface area contributed by atoms with Crippen LogP contribution in [0.25, 0.3) is 0 Å². The second-order valence-corrected chi connectivity index (χ2v) is 9.53. The van der Waals surface area contributed by atoms with Crippen molar-refractivity contribution >= 4 is 27.8 Å². The van der Waals surface area contributed by atoms with Crippen LogP contribution in [0.15, 0.2) is 33.7 Å². The molecule has 3 fully saturated rings. The molecule has 0 bridgehead atoms. The molecule has 5 nitrogen and oxygen atoms in total. The molecule has 0 aromatic heterocycles. The topological polar surface area (TPSA) is 56.7 Å². The van der Waals surface area contributed by atoms with Gasteiger partial charge in [-0.25, -0.2) is 0 Å². The Morgan fingerprint density at radius 3 is 2.75 bits per heavy atom. The van der Waals surface area contributed by atoms with Gasteiger partial charge in [-0.3, -0.25) is 9.79 Å². The van der Waals surface area contributed by atoms with Gasteiger partial charge in [0, 0.05) is 48.5 Å². The van der Waals surface area contributed by atoms with Gasteiger partial charge in [0.05, 0.1) is 0 Å². The lowest BCUT2D eigenvalue weighted by molar-refractivity contribution is -0.134. The molecule has 28 heavy (non-hydrogen) atoms. The largest absolute Gasteiger partial charge is 0.356 e. The predicted octanol–water partition coefficient (Wildman–Crippen LogP) is 3.44. The molecule has 1 unspecified atom stereocenters. The predicted molar refractivity (Wildman–Crippen MR) is 116 cm³/mol. The van der Waals surface area contributed by atoms with Crippen LogP contribution in [0.4, 0.5) is 0 Å². The monoisotopic (exact) mass is 446 g/mol. The molecule has 2 saturated carbocycles. The Kier molecular flexibility index (Phi) is 5.95. The molecule has 1 aromatic carbocycles. The number of hydrogen-bond acceptors (Lipinski definition) is 2. The second kappa shape index (κ2) is 8.44. The van der Waals surface area contributed by atoms with Crippen molar-refractivity contribution in [1.29, 1.82) is 0 Å². The zero-order valence-electron chi connectivity index (χ0n) is 16.7. The van der Waals surface area contributed by atoms with Crippen molar-refractivity contribution in [1.82, 2.24) is 15.5 Å². The summed E-state index contributed by atoms with van der Waals surface area (Å²) >= 11 is 3.59. The number of nitrogens with one attached hydrogen (secondary N) is 2. The van der Waals surface area contributed by atoms with Gasteiger partial charge in [-0.15, -0.1) is 0 Å². The number of guanidine groups is 1. The maximum atomic E-state index is 12.6. The number of likely N-dealkylation sites (tertiary alicyclic amines) is 1. The van der Waals surface area contributed by atoms with E-state index in [9.17, 15) is 4.79 Å². The molecule has 2 aliphatic carbocycles. The van der Waals surface area contributed by atoms with E-state index >= 15 is 0 Å². The van der Waals surface area contributed by atoms with Crippen LogP contribution in [0, 0.1) is 5.92 Å². The third kappa shape index (κ3) is 4.37. The van der Waals surface area contributed by atoms with E-state index in [0.717, 1.165) is 49.3 Å². The fourth-order valence-electron chi connectivity index (χ4n) is 4.69. The third-order valence-electron chi connectivity index (χ3n) is 6.65. The number of carbonyl (C=O) groups excluding carboxylic acids is 1. The van der Waals surface area contributed by atoms with Gasteiger partial charge in [-0.2, -0.15) is 0 Å². The summed E-state index contributed by atoms with van der Waals surface area (Å²) in [6.45, 7) is 2.55. The first-order chi connectivity index (χ1) is 13.6. The van der Waals surface area contributed by atoms with E-state index in [0.29, 0.717) is 5.91 Å². The zero-order chi connectivity index (χ0) is 19.6. The van der Waals surface area contributed by atoms with E-state index in [4.69, 9.17) is 0 Å². The first-order valence-electron chi connectivity index (χ1n) is 10.6. The molecular weight excluding hydrogens is 416 g/mol. The van der Waals surface area contributed by atoms with Crippen LogP contribution in [-0.4, -0.2) is 49.5 Å². The van der Waals surface area contributed by atoms with E-state index in [1.54, 1.807) is 0 Å². The molecule has 3 aliphatic rings. The van der Waals surface area contributed by atoms with Crippen LogP contribution in [-0.2, 0) is 10.2 Å². The summed E-state index contributed by atoms with van der Waals surface area (Å²) in [5, 5.41) is 7.08. The lowest BCUT2D eigenvalue weighted by atomic mass is 9.96.